The van der Waals surface area contributed by atoms with Crippen molar-refractivity contribution in [3.63, 3.8) is 0 Å². The van der Waals surface area contributed by atoms with Crippen LogP contribution in [0, 0.1) is 0 Å². The predicted octanol–water partition coefficient (Wildman–Crippen LogP) is 4.83. The summed E-state index contributed by atoms with van der Waals surface area (Å²) in [5.74, 6) is -0.855. The Labute approximate surface area is 180 Å². The number of hydrogen-bond donors (Lipinski definition) is 1. The summed E-state index contributed by atoms with van der Waals surface area (Å²) in [5, 5.41) is -0.00109. The van der Waals surface area contributed by atoms with Gasteiger partial charge in [-0.1, -0.05) is 94.5 Å². The molecule has 0 bridgehead atoms. The Morgan fingerprint density at radius 3 is 1.80 bits per heavy atom. The fourth-order valence-corrected chi connectivity index (χ4v) is 4.16. The number of benzene rings is 2. The number of carbonyl (C=O) groups excluding carboxylic acids is 2. The maximum absolute atomic E-state index is 12.9. The molecule has 1 N–H and O–H groups in total. The van der Waals surface area contributed by atoms with Crippen molar-refractivity contribution in [1.29, 1.82) is 0 Å². The molecule has 0 amide bonds. The summed E-state index contributed by atoms with van der Waals surface area (Å²) in [6.07, 6.45) is -0.0625. The second-order valence-electron chi connectivity index (χ2n) is 9.02. The number of nitrogens with one attached hydrogen (secondary N) is 1. The topological polar surface area (TPSA) is 64.6 Å². The molecule has 0 aromatic heterocycles. The molecular formula is C24H33NO4Si. The summed E-state index contributed by atoms with van der Waals surface area (Å²) < 4.78 is 10.9. The van der Waals surface area contributed by atoms with Crippen LogP contribution in [0.1, 0.15) is 38.3 Å². The maximum Gasteiger partial charge on any atom is 0.323 e. The van der Waals surface area contributed by atoms with Crippen LogP contribution in [-0.4, -0.2) is 26.2 Å². The Balaban J connectivity index is 2.03. The minimum absolute atomic E-state index is 0.00109. The van der Waals surface area contributed by atoms with E-state index in [4.69, 9.17) is 9.47 Å². The molecule has 0 spiro atoms. The Morgan fingerprint density at radius 2 is 1.33 bits per heavy atom. The van der Waals surface area contributed by atoms with E-state index in [1.165, 1.54) is 0 Å². The van der Waals surface area contributed by atoms with Crippen LogP contribution in [0.25, 0.3) is 0 Å². The fraction of sp³-hybridized carbons (Fsp3) is 0.417. The molecule has 0 aliphatic carbocycles. The van der Waals surface area contributed by atoms with Crippen LogP contribution in [0.15, 0.2) is 60.7 Å². The van der Waals surface area contributed by atoms with Crippen molar-refractivity contribution in [2.75, 3.05) is 0 Å². The van der Waals surface area contributed by atoms with Crippen molar-refractivity contribution in [3.05, 3.63) is 71.8 Å². The highest BCUT2D eigenvalue weighted by atomic mass is 28.3. The number of hydrogen-bond acceptors (Lipinski definition) is 5. The molecule has 1 atom stereocenters. The van der Waals surface area contributed by atoms with E-state index in [-0.39, 0.29) is 24.7 Å². The highest BCUT2D eigenvalue weighted by Crippen LogP contribution is 2.34. The zero-order chi connectivity index (χ0) is 22.2. The van der Waals surface area contributed by atoms with Crippen molar-refractivity contribution in [2.45, 2.75) is 64.6 Å². The third kappa shape index (κ3) is 7.43. The highest BCUT2D eigenvalue weighted by Gasteiger charge is 2.40. The maximum atomic E-state index is 12.9. The molecule has 6 heteroatoms. The Morgan fingerprint density at radius 1 is 0.867 bits per heavy atom. The first-order chi connectivity index (χ1) is 14.1. The van der Waals surface area contributed by atoms with Crippen molar-refractivity contribution >= 4 is 20.2 Å². The number of ether oxygens (including phenoxy) is 2. The number of esters is 2. The van der Waals surface area contributed by atoms with Gasteiger partial charge in [-0.05, 0) is 16.2 Å². The second-order valence-corrected chi connectivity index (χ2v) is 14.1. The van der Waals surface area contributed by atoms with Gasteiger partial charge in [-0.25, -0.2) is 0 Å². The van der Waals surface area contributed by atoms with E-state index in [1.807, 2.05) is 60.7 Å². The average Bonchev–Trinajstić information content (AvgIpc) is 2.70. The molecule has 30 heavy (non-hydrogen) atoms. The third-order valence-electron chi connectivity index (χ3n) is 5.53. The van der Waals surface area contributed by atoms with E-state index in [1.54, 1.807) is 0 Å². The molecule has 0 heterocycles. The molecule has 0 radical (unpaired) electrons. The molecule has 2 aromatic rings. The first-order valence-electron chi connectivity index (χ1n) is 10.3. The van der Waals surface area contributed by atoms with Crippen LogP contribution in [0.4, 0.5) is 0 Å². The van der Waals surface area contributed by atoms with Crippen molar-refractivity contribution in [3.8, 4) is 0 Å². The molecule has 2 rings (SSSR count). The quantitative estimate of drug-likeness (QED) is 0.459. The lowest BCUT2D eigenvalue weighted by atomic mass is 10.2. The third-order valence-corrected chi connectivity index (χ3v) is 10.4. The van der Waals surface area contributed by atoms with E-state index < -0.39 is 26.2 Å². The minimum atomic E-state index is -2.05. The molecule has 0 saturated heterocycles. The zero-order valence-corrected chi connectivity index (χ0v) is 19.6. The van der Waals surface area contributed by atoms with Crippen LogP contribution < -0.4 is 4.98 Å². The standard InChI is InChI=1S/C24H33NO4Si/c1-24(2,3)30(4,5)25-21(23(27)29-18-20-14-10-7-11-15-20)16-22(26)28-17-19-12-8-6-9-13-19/h6-15,21,25H,16-18H2,1-5H3/t21-/m1/s1. The Hall–Kier alpha value is -2.44. The van der Waals surface area contributed by atoms with Crippen molar-refractivity contribution in [1.82, 2.24) is 4.98 Å². The van der Waals surface area contributed by atoms with E-state index in [2.05, 4.69) is 38.8 Å². The Kier molecular flexibility index (Phi) is 8.38. The molecule has 2 aromatic carbocycles. The SMILES string of the molecule is CC(C)(C)[Si](C)(C)N[C@H](CC(=O)OCc1ccccc1)C(=O)OCc1ccccc1. The molecule has 162 valence electrons. The van der Waals surface area contributed by atoms with E-state index >= 15 is 0 Å². The van der Waals surface area contributed by atoms with Gasteiger partial charge in [0.05, 0.1) is 6.42 Å². The van der Waals surface area contributed by atoms with E-state index in [0.717, 1.165) is 11.1 Å². The Bertz CT molecular complexity index is 816. The van der Waals surface area contributed by atoms with Crippen LogP contribution >= 0.6 is 0 Å². The first-order valence-corrected chi connectivity index (χ1v) is 13.3. The van der Waals surface area contributed by atoms with Crippen molar-refractivity contribution < 1.29 is 19.1 Å². The van der Waals surface area contributed by atoms with Gasteiger partial charge in [-0.15, -0.1) is 0 Å². The van der Waals surface area contributed by atoms with Gasteiger partial charge < -0.3 is 14.5 Å². The molecule has 0 saturated carbocycles. The minimum Gasteiger partial charge on any atom is -0.461 e. The van der Waals surface area contributed by atoms with Crippen LogP contribution in [0.5, 0.6) is 0 Å². The molecule has 0 fully saturated rings. The van der Waals surface area contributed by atoms with Gasteiger partial charge >= 0.3 is 11.9 Å². The van der Waals surface area contributed by atoms with Gasteiger partial charge in [-0.2, -0.15) is 0 Å². The van der Waals surface area contributed by atoms with Gasteiger partial charge in [0.25, 0.3) is 0 Å². The van der Waals surface area contributed by atoms with Gasteiger partial charge in [-0.3, -0.25) is 9.59 Å². The lowest BCUT2D eigenvalue weighted by Gasteiger charge is -2.39. The summed E-state index contributed by atoms with van der Waals surface area (Å²) in [4.78, 5) is 28.8. The molecule has 0 unspecified atom stereocenters. The summed E-state index contributed by atoms with van der Waals surface area (Å²) in [5.41, 5.74) is 1.81. The monoisotopic (exact) mass is 427 g/mol. The van der Waals surface area contributed by atoms with Gasteiger partial charge in [0.15, 0.2) is 0 Å². The van der Waals surface area contributed by atoms with E-state index in [9.17, 15) is 9.59 Å². The summed E-state index contributed by atoms with van der Waals surface area (Å²) >= 11 is 0. The predicted molar refractivity (Wildman–Crippen MR) is 121 cm³/mol. The molecule has 0 aliphatic heterocycles. The molecule has 0 aliphatic rings. The van der Waals surface area contributed by atoms with Gasteiger partial charge in [0, 0.05) is 0 Å². The summed E-state index contributed by atoms with van der Waals surface area (Å²) in [7, 11) is -2.05. The highest BCUT2D eigenvalue weighted by molar-refractivity contribution is 6.78. The van der Waals surface area contributed by atoms with Gasteiger partial charge in [0.1, 0.15) is 27.5 Å². The lowest BCUT2D eigenvalue weighted by Crippen LogP contribution is -2.59. The van der Waals surface area contributed by atoms with Crippen LogP contribution in [0.2, 0.25) is 18.1 Å². The lowest BCUT2D eigenvalue weighted by molar-refractivity contribution is -0.153. The number of carbonyl (C=O) groups is 2. The zero-order valence-electron chi connectivity index (χ0n) is 18.6. The number of rotatable bonds is 9. The van der Waals surface area contributed by atoms with Gasteiger partial charge in [0.2, 0.25) is 0 Å². The molecule has 5 nitrogen and oxygen atoms in total. The smallest absolute Gasteiger partial charge is 0.323 e. The first kappa shape index (κ1) is 23.8. The second kappa shape index (κ2) is 10.5. The largest absolute Gasteiger partial charge is 0.461 e. The summed E-state index contributed by atoms with van der Waals surface area (Å²) in [6.45, 7) is 11.1. The molecular weight excluding hydrogens is 394 g/mol. The van der Waals surface area contributed by atoms with Crippen molar-refractivity contribution in [2.24, 2.45) is 0 Å². The van der Waals surface area contributed by atoms with Crippen LogP contribution in [0.3, 0.4) is 0 Å². The van der Waals surface area contributed by atoms with E-state index in [0.29, 0.717) is 0 Å². The fourth-order valence-electron chi connectivity index (χ4n) is 2.64. The van der Waals surface area contributed by atoms with Crippen LogP contribution in [-0.2, 0) is 32.3 Å². The normalized spacial score (nSPS) is 12.8. The average molecular weight is 428 g/mol. The summed E-state index contributed by atoms with van der Waals surface area (Å²) in [6, 6.07) is 18.3.